The molecule has 3 N–H and O–H groups in total. The molecule has 94 valence electrons. The molecule has 3 rings (SSSR count). The minimum absolute atomic E-state index is 0.0460. The van der Waals surface area contributed by atoms with Gasteiger partial charge in [-0.25, -0.2) is 0 Å². The van der Waals surface area contributed by atoms with Gasteiger partial charge in [0, 0.05) is 17.3 Å². The molecule has 19 heavy (non-hydrogen) atoms. The molecule has 2 amide bonds. The third-order valence-electron chi connectivity index (χ3n) is 3.13. The fourth-order valence-corrected chi connectivity index (χ4v) is 2.23. The molecule has 1 aliphatic rings. The average molecular weight is 253 g/mol. The number of nitrogens with one attached hydrogen (secondary N) is 1. The van der Waals surface area contributed by atoms with Crippen LogP contribution in [0.2, 0.25) is 0 Å². The number of nitrogens with zero attached hydrogens (tertiary/aromatic N) is 1. The van der Waals surface area contributed by atoms with E-state index >= 15 is 0 Å². The van der Waals surface area contributed by atoms with E-state index in [-0.39, 0.29) is 5.91 Å². The molecule has 1 aromatic heterocycles. The van der Waals surface area contributed by atoms with E-state index in [0.717, 1.165) is 22.4 Å². The van der Waals surface area contributed by atoms with Gasteiger partial charge in [-0.05, 0) is 23.3 Å². The van der Waals surface area contributed by atoms with Gasteiger partial charge in [-0.3, -0.25) is 14.6 Å². The smallest absolute Gasteiger partial charge is 0.248 e. The highest BCUT2D eigenvalue weighted by Crippen LogP contribution is 2.32. The van der Waals surface area contributed by atoms with Crippen molar-refractivity contribution in [2.75, 3.05) is 5.32 Å². The first-order chi connectivity index (χ1) is 9.15. The van der Waals surface area contributed by atoms with E-state index in [1.807, 2.05) is 6.07 Å². The fourth-order valence-electron chi connectivity index (χ4n) is 2.23. The summed E-state index contributed by atoms with van der Waals surface area (Å²) in [6, 6.07) is 7.00. The second-order valence-electron chi connectivity index (χ2n) is 4.38. The summed E-state index contributed by atoms with van der Waals surface area (Å²) in [5, 5.41) is 2.75. The number of aromatic nitrogens is 1. The van der Waals surface area contributed by atoms with Crippen molar-refractivity contribution in [2.45, 2.75) is 6.42 Å². The zero-order valence-electron chi connectivity index (χ0n) is 10.0. The van der Waals surface area contributed by atoms with Gasteiger partial charge in [0.15, 0.2) is 0 Å². The predicted molar refractivity (Wildman–Crippen MR) is 70.5 cm³/mol. The minimum Gasteiger partial charge on any atom is -0.366 e. The Bertz CT molecular complexity index is 695. The maximum Gasteiger partial charge on any atom is 0.248 e. The molecule has 1 aromatic carbocycles. The summed E-state index contributed by atoms with van der Waals surface area (Å²) >= 11 is 0. The first kappa shape index (κ1) is 11.4. The number of pyridine rings is 1. The highest BCUT2D eigenvalue weighted by molar-refractivity contribution is 6.02. The lowest BCUT2D eigenvalue weighted by atomic mass is 9.98. The molecule has 2 heterocycles. The maximum absolute atomic E-state index is 11.4. The van der Waals surface area contributed by atoms with Crippen LogP contribution in [0.3, 0.4) is 0 Å². The molecular weight excluding hydrogens is 242 g/mol. The number of anilines is 1. The molecule has 0 bridgehead atoms. The summed E-state index contributed by atoms with van der Waals surface area (Å²) in [5.41, 5.74) is 9.02. The van der Waals surface area contributed by atoms with E-state index in [9.17, 15) is 9.59 Å². The molecule has 2 aromatic rings. The Kier molecular flexibility index (Phi) is 2.52. The van der Waals surface area contributed by atoms with Gasteiger partial charge in [0.2, 0.25) is 11.8 Å². The zero-order valence-corrected chi connectivity index (χ0v) is 10.0. The first-order valence-corrected chi connectivity index (χ1v) is 5.82. The average Bonchev–Trinajstić information content (AvgIpc) is 2.78. The quantitative estimate of drug-likeness (QED) is 0.847. The van der Waals surface area contributed by atoms with Gasteiger partial charge in [0.05, 0.1) is 18.3 Å². The van der Waals surface area contributed by atoms with Gasteiger partial charge in [-0.2, -0.15) is 0 Å². The van der Waals surface area contributed by atoms with Crippen molar-refractivity contribution in [2.24, 2.45) is 5.73 Å². The largest absolute Gasteiger partial charge is 0.366 e. The fraction of sp³-hybridized carbons (Fsp3) is 0.0714. The van der Waals surface area contributed by atoms with Crippen LogP contribution in [0.5, 0.6) is 0 Å². The summed E-state index contributed by atoms with van der Waals surface area (Å²) in [7, 11) is 0. The molecule has 0 saturated heterocycles. The van der Waals surface area contributed by atoms with Crippen molar-refractivity contribution in [1.29, 1.82) is 0 Å². The van der Waals surface area contributed by atoms with Crippen LogP contribution in [0.25, 0.3) is 11.1 Å². The number of rotatable bonds is 2. The van der Waals surface area contributed by atoms with Gasteiger partial charge in [-0.15, -0.1) is 0 Å². The van der Waals surface area contributed by atoms with Crippen LogP contribution in [0.15, 0.2) is 36.7 Å². The van der Waals surface area contributed by atoms with Crippen LogP contribution in [-0.2, 0) is 11.2 Å². The number of carbonyl (C=O) groups excluding carboxylic acids is 2. The lowest BCUT2D eigenvalue weighted by Crippen LogP contribution is -2.10. The number of nitrogens with two attached hydrogens (primary N) is 1. The molecule has 1 aliphatic heterocycles. The van der Waals surface area contributed by atoms with Crippen LogP contribution in [0.4, 0.5) is 5.69 Å². The molecule has 0 unspecified atom stereocenters. The summed E-state index contributed by atoms with van der Waals surface area (Å²) in [5.74, 6) is -0.521. The molecule has 0 radical (unpaired) electrons. The number of carbonyl (C=O) groups is 2. The molecule has 5 heteroatoms. The minimum atomic E-state index is -0.475. The molecule has 0 fully saturated rings. The van der Waals surface area contributed by atoms with Crippen molar-refractivity contribution in [3.8, 4) is 11.1 Å². The van der Waals surface area contributed by atoms with Crippen molar-refractivity contribution < 1.29 is 9.59 Å². The van der Waals surface area contributed by atoms with Gasteiger partial charge in [0.1, 0.15) is 0 Å². The Hall–Kier alpha value is -2.69. The predicted octanol–water partition coefficient (Wildman–Crippen LogP) is 1.34. The van der Waals surface area contributed by atoms with E-state index in [2.05, 4.69) is 10.3 Å². The third-order valence-corrected chi connectivity index (χ3v) is 3.13. The van der Waals surface area contributed by atoms with Gasteiger partial charge >= 0.3 is 0 Å². The summed E-state index contributed by atoms with van der Waals surface area (Å²) in [4.78, 5) is 26.8. The Morgan fingerprint density at radius 2 is 2.16 bits per heavy atom. The van der Waals surface area contributed by atoms with Crippen LogP contribution in [-0.4, -0.2) is 16.8 Å². The number of primary amides is 1. The van der Waals surface area contributed by atoms with E-state index in [1.165, 1.54) is 0 Å². The van der Waals surface area contributed by atoms with Gasteiger partial charge in [0.25, 0.3) is 0 Å². The van der Waals surface area contributed by atoms with Gasteiger partial charge < -0.3 is 11.1 Å². The molecule has 0 aliphatic carbocycles. The lowest BCUT2D eigenvalue weighted by Gasteiger charge is -2.07. The lowest BCUT2D eigenvalue weighted by molar-refractivity contribution is -0.115. The number of fused-ring (bicyclic) bond motifs is 1. The van der Waals surface area contributed by atoms with Crippen molar-refractivity contribution >= 4 is 17.5 Å². The van der Waals surface area contributed by atoms with E-state index in [1.54, 1.807) is 30.6 Å². The highest BCUT2D eigenvalue weighted by atomic mass is 16.2. The van der Waals surface area contributed by atoms with E-state index < -0.39 is 5.91 Å². The number of hydrogen-bond donors (Lipinski definition) is 2. The van der Waals surface area contributed by atoms with Crippen LogP contribution < -0.4 is 11.1 Å². The SMILES string of the molecule is NC(=O)c1cccc(-c2cncc3c2CC(=O)N3)c1. The number of hydrogen-bond acceptors (Lipinski definition) is 3. The molecule has 0 atom stereocenters. The van der Waals surface area contributed by atoms with E-state index in [0.29, 0.717) is 12.0 Å². The third kappa shape index (κ3) is 1.95. The summed E-state index contributed by atoms with van der Waals surface area (Å²) in [6.45, 7) is 0. The Morgan fingerprint density at radius 1 is 1.32 bits per heavy atom. The molecule has 0 spiro atoms. The number of amides is 2. The molecule has 5 nitrogen and oxygen atoms in total. The highest BCUT2D eigenvalue weighted by Gasteiger charge is 2.21. The van der Waals surface area contributed by atoms with Crippen molar-refractivity contribution in [3.05, 3.63) is 47.8 Å². The molecular formula is C14H11N3O2. The molecule has 0 saturated carbocycles. The Labute approximate surface area is 109 Å². The van der Waals surface area contributed by atoms with Crippen LogP contribution in [0, 0.1) is 0 Å². The topological polar surface area (TPSA) is 85.1 Å². The zero-order chi connectivity index (χ0) is 13.4. The van der Waals surface area contributed by atoms with Crippen molar-refractivity contribution in [1.82, 2.24) is 4.98 Å². The number of benzene rings is 1. The maximum atomic E-state index is 11.4. The monoisotopic (exact) mass is 253 g/mol. The second-order valence-corrected chi connectivity index (χ2v) is 4.38. The normalized spacial score (nSPS) is 12.9. The summed E-state index contributed by atoms with van der Waals surface area (Å²) < 4.78 is 0. The second kappa shape index (κ2) is 4.20. The standard InChI is InChI=1S/C14H11N3O2/c15-14(19)9-3-1-2-8(4-9)11-6-16-7-12-10(11)5-13(18)17-12/h1-4,6-7H,5H2,(H2,15,19)(H,17,18). The Balaban J connectivity index is 2.14. The van der Waals surface area contributed by atoms with Crippen LogP contribution in [0.1, 0.15) is 15.9 Å². The van der Waals surface area contributed by atoms with Crippen LogP contribution >= 0.6 is 0 Å². The van der Waals surface area contributed by atoms with Gasteiger partial charge in [-0.1, -0.05) is 12.1 Å². The summed E-state index contributed by atoms with van der Waals surface area (Å²) in [6.07, 6.45) is 3.65. The Morgan fingerprint density at radius 3 is 2.95 bits per heavy atom. The van der Waals surface area contributed by atoms with Crippen molar-refractivity contribution in [3.63, 3.8) is 0 Å². The first-order valence-electron chi connectivity index (χ1n) is 5.82. The van der Waals surface area contributed by atoms with E-state index in [4.69, 9.17) is 5.73 Å².